The number of nitrogens with zero attached hydrogens (tertiary/aromatic N) is 3. The van der Waals surface area contributed by atoms with Crippen LogP contribution in [0.4, 0.5) is 0 Å². The molecule has 0 radical (unpaired) electrons. The number of para-hydroxylation sites is 1. The number of benzene rings is 1. The number of aryl methyl sites for hydroxylation is 1. The average Bonchev–Trinajstić information content (AvgIpc) is 2.78. The summed E-state index contributed by atoms with van der Waals surface area (Å²) in [5.41, 5.74) is 6.43. The third-order valence-corrected chi connectivity index (χ3v) is 3.30. The molecule has 0 unspecified atom stereocenters. The summed E-state index contributed by atoms with van der Waals surface area (Å²) >= 11 is 0. The molecule has 2 rings (SSSR count). The van der Waals surface area contributed by atoms with Crippen molar-refractivity contribution in [1.29, 1.82) is 0 Å². The van der Waals surface area contributed by atoms with E-state index >= 15 is 0 Å². The van der Waals surface area contributed by atoms with Crippen LogP contribution < -0.4 is 5.73 Å². The highest BCUT2D eigenvalue weighted by Gasteiger charge is 2.23. The Morgan fingerprint density at radius 3 is 2.89 bits per heavy atom. The maximum absolute atomic E-state index is 8.74. The van der Waals surface area contributed by atoms with Gasteiger partial charge in [-0.1, -0.05) is 37.2 Å². The second kappa shape index (κ2) is 4.68. The number of nitrogens with two attached hydrogens (primary N) is 1. The average molecular weight is 246 g/mol. The Kier molecular flexibility index (Phi) is 3.23. The number of hydrogen-bond acceptors (Lipinski definition) is 3. The lowest BCUT2D eigenvalue weighted by molar-refractivity contribution is 0.303. The van der Waals surface area contributed by atoms with Gasteiger partial charge in [-0.15, -0.1) is 0 Å². The van der Waals surface area contributed by atoms with Crippen LogP contribution in [0, 0.1) is 5.41 Å². The Bertz CT molecular complexity index is 571. The lowest BCUT2D eigenvalue weighted by Gasteiger charge is -2.22. The number of fused-ring (bicyclic) bond motifs is 1. The number of rotatable bonds is 4. The number of aromatic nitrogens is 2. The van der Waals surface area contributed by atoms with Crippen LogP contribution in [0.5, 0.6) is 0 Å². The SMILES string of the molecule is CC(C)(CCn1ncc2ccccc21)C(N)=NO. The van der Waals surface area contributed by atoms with Gasteiger partial charge in [0.05, 0.1) is 11.7 Å². The molecular weight excluding hydrogens is 228 g/mol. The van der Waals surface area contributed by atoms with Crippen molar-refractivity contribution in [3.8, 4) is 0 Å². The zero-order valence-electron chi connectivity index (χ0n) is 10.7. The predicted octanol–water partition coefficient (Wildman–Crippen LogP) is 2.20. The number of hydrogen-bond donors (Lipinski definition) is 2. The van der Waals surface area contributed by atoms with Crippen LogP contribution in [0.2, 0.25) is 0 Å². The van der Waals surface area contributed by atoms with Crippen molar-refractivity contribution in [2.45, 2.75) is 26.8 Å². The zero-order valence-corrected chi connectivity index (χ0v) is 10.7. The molecule has 0 bridgehead atoms. The molecule has 3 N–H and O–H groups in total. The molecule has 96 valence electrons. The Morgan fingerprint density at radius 1 is 1.44 bits per heavy atom. The Hall–Kier alpha value is -2.04. The molecule has 18 heavy (non-hydrogen) atoms. The Balaban J connectivity index is 2.16. The summed E-state index contributed by atoms with van der Waals surface area (Å²) < 4.78 is 1.95. The van der Waals surface area contributed by atoms with E-state index in [0.29, 0.717) is 0 Å². The topological polar surface area (TPSA) is 76.4 Å². The summed E-state index contributed by atoms with van der Waals surface area (Å²) in [5, 5.41) is 17.3. The van der Waals surface area contributed by atoms with Crippen molar-refractivity contribution in [2.75, 3.05) is 0 Å². The van der Waals surface area contributed by atoms with Crippen molar-refractivity contribution >= 4 is 16.7 Å². The second-order valence-electron chi connectivity index (χ2n) is 5.05. The summed E-state index contributed by atoms with van der Waals surface area (Å²) in [6.07, 6.45) is 2.61. The Morgan fingerprint density at radius 2 is 2.17 bits per heavy atom. The summed E-state index contributed by atoms with van der Waals surface area (Å²) in [4.78, 5) is 0. The standard InChI is InChI=1S/C13H18N4O/c1-13(2,12(14)16-18)7-8-17-11-6-4-3-5-10(11)9-15-17/h3-6,9,18H,7-8H2,1-2H3,(H2,14,16). The van der Waals surface area contributed by atoms with E-state index in [2.05, 4.69) is 10.3 Å². The van der Waals surface area contributed by atoms with Crippen LogP contribution >= 0.6 is 0 Å². The zero-order chi connectivity index (χ0) is 13.2. The van der Waals surface area contributed by atoms with Crippen molar-refractivity contribution in [3.63, 3.8) is 0 Å². The largest absolute Gasteiger partial charge is 0.409 e. The van der Waals surface area contributed by atoms with Gasteiger partial charge in [0.15, 0.2) is 0 Å². The molecule has 1 aromatic heterocycles. The van der Waals surface area contributed by atoms with E-state index in [0.717, 1.165) is 23.9 Å². The monoisotopic (exact) mass is 246 g/mol. The highest BCUT2D eigenvalue weighted by Crippen LogP contribution is 2.22. The normalized spacial score (nSPS) is 13.1. The molecule has 1 aromatic carbocycles. The van der Waals surface area contributed by atoms with Gasteiger partial charge in [0.25, 0.3) is 0 Å². The maximum atomic E-state index is 8.74. The summed E-state index contributed by atoms with van der Waals surface area (Å²) in [6.45, 7) is 4.64. The van der Waals surface area contributed by atoms with Crippen LogP contribution in [0.15, 0.2) is 35.6 Å². The van der Waals surface area contributed by atoms with Gasteiger partial charge in [-0.2, -0.15) is 5.10 Å². The van der Waals surface area contributed by atoms with Gasteiger partial charge in [-0.25, -0.2) is 0 Å². The molecule has 5 nitrogen and oxygen atoms in total. The minimum absolute atomic E-state index is 0.249. The van der Waals surface area contributed by atoms with Gasteiger partial charge in [-0.3, -0.25) is 4.68 Å². The fourth-order valence-corrected chi connectivity index (χ4v) is 1.85. The first-order valence-electron chi connectivity index (χ1n) is 5.93. The number of amidine groups is 1. The van der Waals surface area contributed by atoms with Gasteiger partial charge in [0, 0.05) is 17.3 Å². The Labute approximate surface area is 106 Å². The molecule has 0 saturated heterocycles. The molecule has 0 aliphatic heterocycles. The van der Waals surface area contributed by atoms with Crippen LogP contribution in [-0.2, 0) is 6.54 Å². The lowest BCUT2D eigenvalue weighted by atomic mass is 9.88. The fourth-order valence-electron chi connectivity index (χ4n) is 1.85. The van der Waals surface area contributed by atoms with E-state index < -0.39 is 0 Å². The maximum Gasteiger partial charge on any atom is 0.144 e. The summed E-state index contributed by atoms with van der Waals surface area (Å²) in [5.74, 6) is 0.249. The molecule has 5 heteroatoms. The van der Waals surface area contributed by atoms with Gasteiger partial charge in [0.2, 0.25) is 0 Å². The molecule has 2 aromatic rings. The minimum Gasteiger partial charge on any atom is -0.409 e. The van der Waals surface area contributed by atoms with E-state index in [4.69, 9.17) is 10.9 Å². The van der Waals surface area contributed by atoms with Crippen molar-refractivity contribution in [1.82, 2.24) is 9.78 Å². The first-order chi connectivity index (χ1) is 8.54. The number of oxime groups is 1. The molecule has 0 aliphatic rings. The van der Waals surface area contributed by atoms with E-state index in [-0.39, 0.29) is 11.3 Å². The van der Waals surface area contributed by atoms with Crippen LogP contribution in [0.25, 0.3) is 10.9 Å². The molecule has 0 aliphatic carbocycles. The summed E-state index contributed by atoms with van der Waals surface area (Å²) in [7, 11) is 0. The van der Waals surface area contributed by atoms with E-state index in [1.165, 1.54) is 0 Å². The van der Waals surface area contributed by atoms with Crippen LogP contribution in [0.1, 0.15) is 20.3 Å². The molecular formula is C13H18N4O. The van der Waals surface area contributed by atoms with Crippen molar-refractivity contribution in [2.24, 2.45) is 16.3 Å². The van der Waals surface area contributed by atoms with Gasteiger partial charge >= 0.3 is 0 Å². The van der Waals surface area contributed by atoms with Gasteiger partial charge in [-0.05, 0) is 12.5 Å². The second-order valence-corrected chi connectivity index (χ2v) is 5.05. The van der Waals surface area contributed by atoms with Gasteiger partial charge < -0.3 is 10.9 Å². The minimum atomic E-state index is -0.345. The fraction of sp³-hybridized carbons (Fsp3) is 0.385. The van der Waals surface area contributed by atoms with Crippen LogP contribution in [0.3, 0.4) is 0 Å². The lowest BCUT2D eigenvalue weighted by Crippen LogP contribution is -2.33. The van der Waals surface area contributed by atoms with Crippen molar-refractivity contribution in [3.05, 3.63) is 30.5 Å². The molecule has 0 amide bonds. The highest BCUT2D eigenvalue weighted by molar-refractivity contribution is 5.85. The van der Waals surface area contributed by atoms with E-state index in [1.807, 2.05) is 49.0 Å². The predicted molar refractivity (Wildman–Crippen MR) is 71.5 cm³/mol. The smallest absolute Gasteiger partial charge is 0.144 e. The molecule has 0 atom stereocenters. The van der Waals surface area contributed by atoms with E-state index in [1.54, 1.807) is 0 Å². The molecule has 0 fully saturated rings. The third-order valence-electron chi connectivity index (χ3n) is 3.30. The first kappa shape index (κ1) is 12.4. The molecule has 0 saturated carbocycles. The first-order valence-corrected chi connectivity index (χ1v) is 5.93. The third kappa shape index (κ3) is 2.30. The van der Waals surface area contributed by atoms with Gasteiger partial charge in [0.1, 0.15) is 5.84 Å². The molecule has 0 spiro atoms. The molecule has 1 heterocycles. The quantitative estimate of drug-likeness (QED) is 0.376. The van der Waals surface area contributed by atoms with Crippen LogP contribution in [-0.4, -0.2) is 20.8 Å². The van der Waals surface area contributed by atoms with Crippen molar-refractivity contribution < 1.29 is 5.21 Å². The summed E-state index contributed by atoms with van der Waals surface area (Å²) in [6, 6.07) is 8.07. The highest BCUT2D eigenvalue weighted by atomic mass is 16.4. The van der Waals surface area contributed by atoms with E-state index in [9.17, 15) is 0 Å².